The van der Waals surface area contributed by atoms with Crippen LogP contribution in [-0.4, -0.2) is 41.9 Å². The summed E-state index contributed by atoms with van der Waals surface area (Å²) >= 11 is 0. The molecule has 4 aromatic rings. The molecule has 0 saturated heterocycles. The van der Waals surface area contributed by atoms with E-state index in [9.17, 15) is 32.9 Å². The molecule has 1 atom stereocenters. The average molecular weight is 644 g/mol. The summed E-state index contributed by atoms with van der Waals surface area (Å²) in [7, 11) is 3.54. The molecule has 2 N–H and O–H groups in total. The van der Waals surface area contributed by atoms with Gasteiger partial charge in [0.2, 0.25) is 5.91 Å². The number of nitro groups is 1. The summed E-state index contributed by atoms with van der Waals surface area (Å²) in [6.07, 6.45) is -1.40. The summed E-state index contributed by atoms with van der Waals surface area (Å²) in [5, 5.41) is 20.5. The van der Waals surface area contributed by atoms with Gasteiger partial charge in [-0.1, -0.05) is 48.5 Å². The van der Waals surface area contributed by atoms with E-state index >= 15 is 0 Å². The minimum Gasteiger partial charge on any atom is -0.359 e. The third-order valence-corrected chi connectivity index (χ3v) is 8.02. The Morgan fingerprint density at radius 1 is 0.851 bits per heavy atom. The first-order chi connectivity index (χ1) is 22.4. The van der Waals surface area contributed by atoms with Crippen LogP contribution in [-0.2, 0) is 17.5 Å². The van der Waals surface area contributed by atoms with E-state index < -0.39 is 16.7 Å². The molecule has 1 heterocycles. The largest absolute Gasteiger partial charge is 0.416 e. The van der Waals surface area contributed by atoms with Crippen LogP contribution in [0, 0.1) is 10.1 Å². The molecule has 0 radical (unpaired) electrons. The molecular formula is C35H32F3N5O4. The second kappa shape index (κ2) is 13.9. The summed E-state index contributed by atoms with van der Waals surface area (Å²) in [6, 6.07) is 25.6. The molecule has 242 valence electrons. The first kappa shape index (κ1) is 32.9. The monoisotopic (exact) mass is 643 g/mol. The normalized spacial score (nSPS) is 14.9. The van der Waals surface area contributed by atoms with Gasteiger partial charge in [-0.3, -0.25) is 24.7 Å². The Morgan fingerprint density at radius 3 is 1.98 bits per heavy atom. The number of carbonyl (C=O) groups excluding carboxylic acids is 2. The molecule has 12 heteroatoms. The van der Waals surface area contributed by atoms with Crippen molar-refractivity contribution < 1.29 is 27.7 Å². The minimum absolute atomic E-state index is 0.0622. The Kier molecular flexibility index (Phi) is 9.71. The van der Waals surface area contributed by atoms with Gasteiger partial charge in [-0.05, 0) is 71.1 Å². The van der Waals surface area contributed by atoms with E-state index in [0.717, 1.165) is 40.2 Å². The predicted octanol–water partition coefficient (Wildman–Crippen LogP) is 6.81. The molecule has 5 rings (SSSR count). The fraction of sp³-hybridized carbons (Fsp3) is 0.200. The summed E-state index contributed by atoms with van der Waals surface area (Å²) < 4.78 is 39.1. The standard InChI is InChI=1S/C35H32F3N5O4/c1-39-33(44)20-19-31-21-32(26-7-5-24(6-8-26)25-9-13-28(14-10-25)35(36,37)38)42(41(31)2)29-15-3-23(4-16-29)22-40-34(45)27-11-17-30(18-12-27)43(46)47/h3-18,21,31H,19-20,22H2,1-2H3,(H,39,44)(H,40,45). The van der Waals surface area contributed by atoms with Gasteiger partial charge in [-0.15, -0.1) is 0 Å². The number of non-ortho nitro benzene ring substituents is 1. The highest BCUT2D eigenvalue weighted by atomic mass is 19.4. The Balaban J connectivity index is 1.34. The van der Waals surface area contributed by atoms with Crippen molar-refractivity contribution in [3.8, 4) is 11.1 Å². The molecule has 1 unspecified atom stereocenters. The van der Waals surface area contributed by atoms with Crippen LogP contribution in [0.3, 0.4) is 0 Å². The lowest BCUT2D eigenvalue weighted by molar-refractivity contribution is -0.384. The van der Waals surface area contributed by atoms with Crippen molar-refractivity contribution in [2.45, 2.75) is 31.6 Å². The van der Waals surface area contributed by atoms with Gasteiger partial charge >= 0.3 is 6.18 Å². The van der Waals surface area contributed by atoms with Crippen LogP contribution in [0.5, 0.6) is 0 Å². The lowest BCUT2D eigenvalue weighted by Gasteiger charge is -2.33. The van der Waals surface area contributed by atoms with Crippen molar-refractivity contribution in [3.05, 3.63) is 136 Å². The zero-order chi connectivity index (χ0) is 33.7. The fourth-order valence-corrected chi connectivity index (χ4v) is 5.35. The summed E-state index contributed by atoms with van der Waals surface area (Å²) in [5.41, 5.74) is 4.41. The van der Waals surface area contributed by atoms with Gasteiger partial charge in [0.15, 0.2) is 0 Å². The zero-order valence-corrected chi connectivity index (χ0v) is 25.6. The van der Waals surface area contributed by atoms with Crippen molar-refractivity contribution in [2.75, 3.05) is 19.1 Å². The number of rotatable bonds is 10. The topological polar surface area (TPSA) is 108 Å². The van der Waals surface area contributed by atoms with E-state index in [-0.39, 0.29) is 30.1 Å². The van der Waals surface area contributed by atoms with Crippen LogP contribution in [0.15, 0.2) is 103 Å². The number of nitrogens with one attached hydrogen (secondary N) is 2. The molecular weight excluding hydrogens is 611 g/mol. The second-order valence-corrected chi connectivity index (χ2v) is 11.0. The van der Waals surface area contributed by atoms with Gasteiger partial charge < -0.3 is 10.6 Å². The highest BCUT2D eigenvalue weighted by Crippen LogP contribution is 2.37. The van der Waals surface area contributed by atoms with Crippen LogP contribution in [0.1, 0.15) is 39.9 Å². The highest BCUT2D eigenvalue weighted by molar-refractivity contribution is 5.94. The first-order valence-corrected chi connectivity index (χ1v) is 14.8. The van der Waals surface area contributed by atoms with Gasteiger partial charge in [0.05, 0.1) is 27.9 Å². The molecule has 0 aromatic heterocycles. The quantitative estimate of drug-likeness (QED) is 0.145. The Bertz CT molecular complexity index is 1770. The van der Waals surface area contributed by atoms with Gasteiger partial charge in [0, 0.05) is 44.8 Å². The number of hydrazine groups is 1. The number of nitro benzene ring substituents is 1. The van der Waals surface area contributed by atoms with Gasteiger partial charge in [-0.2, -0.15) is 13.2 Å². The maximum absolute atomic E-state index is 13.0. The van der Waals surface area contributed by atoms with Gasteiger partial charge in [-0.25, -0.2) is 5.01 Å². The van der Waals surface area contributed by atoms with E-state index in [1.54, 1.807) is 7.05 Å². The van der Waals surface area contributed by atoms with Crippen molar-refractivity contribution in [2.24, 2.45) is 0 Å². The number of hydrogen-bond donors (Lipinski definition) is 2. The number of benzene rings is 4. The molecule has 4 aromatic carbocycles. The molecule has 0 fully saturated rings. The SMILES string of the molecule is CNC(=O)CCC1C=C(c2ccc(-c3ccc(C(F)(F)F)cc3)cc2)N(c2ccc(CNC(=O)c3ccc([N+](=O)[O-])cc3)cc2)N1C. The second-order valence-electron chi connectivity index (χ2n) is 11.0. The molecule has 1 aliphatic rings. The summed E-state index contributed by atoms with van der Waals surface area (Å²) in [4.78, 5) is 35.0. The summed E-state index contributed by atoms with van der Waals surface area (Å²) in [6.45, 7) is 0.245. The molecule has 47 heavy (non-hydrogen) atoms. The highest BCUT2D eigenvalue weighted by Gasteiger charge is 2.32. The molecule has 0 aliphatic carbocycles. The van der Waals surface area contributed by atoms with Crippen LogP contribution >= 0.6 is 0 Å². The third kappa shape index (κ3) is 7.67. The van der Waals surface area contributed by atoms with E-state index in [1.807, 2.05) is 65.6 Å². The van der Waals surface area contributed by atoms with Crippen molar-refractivity contribution in [3.63, 3.8) is 0 Å². The van der Waals surface area contributed by atoms with Crippen LogP contribution < -0.4 is 15.6 Å². The number of halogens is 3. The fourth-order valence-electron chi connectivity index (χ4n) is 5.35. The van der Waals surface area contributed by atoms with Crippen LogP contribution in [0.25, 0.3) is 16.8 Å². The van der Waals surface area contributed by atoms with E-state index in [2.05, 4.69) is 16.7 Å². The maximum Gasteiger partial charge on any atom is 0.416 e. The lowest BCUT2D eigenvalue weighted by atomic mass is 10.0. The van der Waals surface area contributed by atoms with E-state index in [0.29, 0.717) is 24.0 Å². The number of hydrogen-bond acceptors (Lipinski definition) is 6. The zero-order valence-electron chi connectivity index (χ0n) is 25.6. The predicted molar refractivity (Wildman–Crippen MR) is 173 cm³/mol. The number of amides is 2. The van der Waals surface area contributed by atoms with Gasteiger partial charge in [0.25, 0.3) is 11.6 Å². The smallest absolute Gasteiger partial charge is 0.359 e. The van der Waals surface area contributed by atoms with Gasteiger partial charge in [0.1, 0.15) is 0 Å². The molecule has 0 spiro atoms. The molecule has 1 aliphatic heterocycles. The summed E-state index contributed by atoms with van der Waals surface area (Å²) in [5.74, 6) is -0.417. The van der Waals surface area contributed by atoms with E-state index in [1.165, 1.54) is 36.4 Å². The lowest BCUT2D eigenvalue weighted by Crippen LogP contribution is -2.39. The van der Waals surface area contributed by atoms with Crippen LogP contribution in [0.2, 0.25) is 0 Å². The number of likely N-dealkylation sites (N-methyl/N-ethyl adjacent to an activating group) is 1. The first-order valence-electron chi connectivity index (χ1n) is 14.8. The minimum atomic E-state index is -4.40. The number of nitrogens with zero attached hydrogens (tertiary/aromatic N) is 3. The third-order valence-electron chi connectivity index (χ3n) is 8.02. The Morgan fingerprint density at radius 2 is 1.43 bits per heavy atom. The number of carbonyl (C=O) groups is 2. The average Bonchev–Trinajstić information content (AvgIpc) is 3.41. The molecule has 9 nitrogen and oxygen atoms in total. The van der Waals surface area contributed by atoms with Crippen molar-refractivity contribution in [1.82, 2.24) is 15.6 Å². The van der Waals surface area contributed by atoms with Crippen molar-refractivity contribution in [1.29, 1.82) is 0 Å². The maximum atomic E-state index is 13.0. The molecule has 0 saturated carbocycles. The van der Waals surface area contributed by atoms with Crippen molar-refractivity contribution >= 4 is 28.9 Å². The van der Waals surface area contributed by atoms with E-state index in [4.69, 9.17) is 0 Å². The Hall–Kier alpha value is -5.49. The molecule has 2 amide bonds. The Labute approximate surface area is 269 Å². The molecule has 0 bridgehead atoms. The number of anilines is 1. The van der Waals surface area contributed by atoms with Crippen LogP contribution in [0.4, 0.5) is 24.5 Å². The number of alkyl halides is 3.